The summed E-state index contributed by atoms with van der Waals surface area (Å²) in [5, 5.41) is 7.46. The first-order valence-corrected chi connectivity index (χ1v) is 6.34. The van der Waals surface area contributed by atoms with E-state index in [1.54, 1.807) is 6.33 Å². The van der Waals surface area contributed by atoms with Crippen LogP contribution in [-0.4, -0.2) is 26.8 Å². The topological polar surface area (TPSA) is 55.6 Å². The second kappa shape index (κ2) is 5.62. The van der Waals surface area contributed by atoms with Gasteiger partial charge in [0.2, 0.25) is 0 Å². The normalized spacial score (nSPS) is 10.6. The van der Waals surface area contributed by atoms with Crippen molar-refractivity contribution in [2.24, 2.45) is 0 Å². The molecule has 1 N–H and O–H groups in total. The van der Waals surface area contributed by atoms with Gasteiger partial charge in [-0.05, 0) is 12.8 Å². The van der Waals surface area contributed by atoms with Crippen LogP contribution in [0.5, 0.6) is 0 Å². The van der Waals surface area contributed by atoms with Crippen molar-refractivity contribution in [2.45, 2.75) is 33.2 Å². The van der Waals surface area contributed by atoms with E-state index in [0.29, 0.717) is 0 Å². The molecule has 0 saturated carbocycles. The quantitative estimate of drug-likeness (QED) is 0.878. The molecule has 5 nitrogen and oxygen atoms in total. The van der Waals surface area contributed by atoms with Crippen LogP contribution < -0.4 is 5.32 Å². The number of hydrogen-bond acceptors (Lipinski definition) is 4. The zero-order chi connectivity index (χ0) is 13.0. The molecular weight excluding hydrogens is 226 g/mol. The van der Waals surface area contributed by atoms with Crippen LogP contribution in [0.1, 0.15) is 25.8 Å². The van der Waals surface area contributed by atoms with Crippen LogP contribution in [0, 0.1) is 0 Å². The van der Waals surface area contributed by atoms with Crippen LogP contribution in [0.4, 0.5) is 5.82 Å². The molecule has 0 spiro atoms. The van der Waals surface area contributed by atoms with Gasteiger partial charge in [-0.1, -0.05) is 13.8 Å². The lowest BCUT2D eigenvalue weighted by Crippen LogP contribution is -2.01. The molecule has 0 saturated heterocycles. The van der Waals surface area contributed by atoms with E-state index in [4.69, 9.17) is 0 Å². The Hall–Kier alpha value is -1.91. The van der Waals surface area contributed by atoms with E-state index in [2.05, 4.69) is 34.2 Å². The summed E-state index contributed by atoms with van der Waals surface area (Å²) in [6.07, 6.45) is 7.48. The highest BCUT2D eigenvalue weighted by Crippen LogP contribution is 2.25. The van der Waals surface area contributed by atoms with E-state index in [1.165, 1.54) is 0 Å². The predicted molar refractivity (Wildman–Crippen MR) is 72.5 cm³/mol. The molecule has 0 fully saturated rings. The first kappa shape index (κ1) is 12.5. The molecule has 2 aromatic rings. The molecule has 0 bridgehead atoms. The molecule has 2 heterocycles. The summed E-state index contributed by atoms with van der Waals surface area (Å²) in [7, 11) is 1.88. The van der Waals surface area contributed by atoms with Gasteiger partial charge in [-0.2, -0.15) is 5.10 Å². The van der Waals surface area contributed by atoms with Gasteiger partial charge >= 0.3 is 0 Å². The highest BCUT2D eigenvalue weighted by atomic mass is 15.3. The summed E-state index contributed by atoms with van der Waals surface area (Å²) in [4.78, 5) is 8.65. The molecule has 0 atom stereocenters. The lowest BCUT2D eigenvalue weighted by molar-refractivity contribution is 0.603. The maximum atomic E-state index is 4.40. The Morgan fingerprint density at radius 3 is 2.78 bits per heavy atom. The Labute approximate surface area is 107 Å². The van der Waals surface area contributed by atoms with Crippen molar-refractivity contribution < 1.29 is 0 Å². The van der Waals surface area contributed by atoms with Crippen LogP contribution in [0.25, 0.3) is 11.3 Å². The Balaban J connectivity index is 2.42. The van der Waals surface area contributed by atoms with E-state index in [0.717, 1.165) is 42.0 Å². The number of hydrogen-bond donors (Lipinski definition) is 1. The fourth-order valence-corrected chi connectivity index (χ4v) is 2.05. The van der Waals surface area contributed by atoms with Gasteiger partial charge < -0.3 is 5.32 Å². The monoisotopic (exact) mass is 245 g/mol. The molecule has 2 aromatic heterocycles. The first-order valence-electron chi connectivity index (χ1n) is 6.34. The Bertz CT molecular complexity index is 518. The standard InChI is InChI=1S/C13H19N5/c1-4-6-18-8-10(7-17-18)12-11(5-2)13(14-3)16-9-15-12/h7-9H,4-6H2,1-3H3,(H,14,15,16). The Kier molecular flexibility index (Phi) is 3.92. The van der Waals surface area contributed by atoms with E-state index >= 15 is 0 Å². The van der Waals surface area contributed by atoms with Crippen molar-refractivity contribution in [1.29, 1.82) is 0 Å². The Morgan fingerprint density at radius 2 is 2.11 bits per heavy atom. The second-order valence-electron chi connectivity index (χ2n) is 4.15. The molecule has 2 rings (SSSR count). The average molecular weight is 245 g/mol. The predicted octanol–water partition coefficient (Wildman–Crippen LogP) is 2.35. The van der Waals surface area contributed by atoms with Crippen molar-refractivity contribution in [2.75, 3.05) is 12.4 Å². The fraction of sp³-hybridized carbons (Fsp3) is 0.462. The third-order valence-corrected chi connectivity index (χ3v) is 2.90. The maximum Gasteiger partial charge on any atom is 0.132 e. The third kappa shape index (κ3) is 2.34. The van der Waals surface area contributed by atoms with E-state index in [1.807, 2.05) is 24.1 Å². The highest BCUT2D eigenvalue weighted by Gasteiger charge is 2.12. The van der Waals surface area contributed by atoms with Crippen LogP contribution in [0.15, 0.2) is 18.7 Å². The molecule has 0 aromatic carbocycles. The molecule has 18 heavy (non-hydrogen) atoms. The lowest BCUT2D eigenvalue weighted by Gasteiger charge is -2.09. The highest BCUT2D eigenvalue weighted by molar-refractivity contribution is 5.67. The molecule has 5 heteroatoms. The summed E-state index contributed by atoms with van der Waals surface area (Å²) < 4.78 is 1.95. The van der Waals surface area contributed by atoms with Crippen LogP contribution >= 0.6 is 0 Å². The largest absolute Gasteiger partial charge is 0.373 e. The smallest absolute Gasteiger partial charge is 0.132 e. The van der Waals surface area contributed by atoms with E-state index < -0.39 is 0 Å². The first-order chi connectivity index (χ1) is 8.80. The van der Waals surface area contributed by atoms with Crippen molar-refractivity contribution in [3.63, 3.8) is 0 Å². The molecule has 0 aliphatic heterocycles. The number of nitrogens with one attached hydrogen (secondary N) is 1. The van der Waals surface area contributed by atoms with E-state index in [9.17, 15) is 0 Å². The van der Waals surface area contributed by atoms with Gasteiger partial charge in [0, 0.05) is 30.9 Å². The minimum absolute atomic E-state index is 0.894. The van der Waals surface area contributed by atoms with Crippen LogP contribution in [0.3, 0.4) is 0 Å². The summed E-state index contributed by atoms with van der Waals surface area (Å²) in [5.74, 6) is 0.894. The molecular formula is C13H19N5. The van der Waals surface area contributed by atoms with Gasteiger partial charge in [0.15, 0.2) is 0 Å². The number of nitrogens with zero attached hydrogens (tertiary/aromatic N) is 4. The summed E-state index contributed by atoms with van der Waals surface area (Å²) in [5.41, 5.74) is 3.16. The number of rotatable bonds is 5. The summed E-state index contributed by atoms with van der Waals surface area (Å²) >= 11 is 0. The maximum absolute atomic E-state index is 4.40. The molecule has 0 aliphatic rings. The number of aromatic nitrogens is 4. The minimum Gasteiger partial charge on any atom is -0.373 e. The van der Waals surface area contributed by atoms with Gasteiger partial charge in [-0.25, -0.2) is 9.97 Å². The van der Waals surface area contributed by atoms with Gasteiger partial charge in [0.05, 0.1) is 11.9 Å². The molecule has 0 aliphatic carbocycles. The third-order valence-electron chi connectivity index (χ3n) is 2.90. The zero-order valence-electron chi connectivity index (χ0n) is 11.1. The molecule has 0 unspecified atom stereocenters. The SMILES string of the molecule is CCCn1cc(-c2ncnc(NC)c2CC)cn1. The minimum atomic E-state index is 0.894. The van der Waals surface area contributed by atoms with Gasteiger partial charge in [-0.15, -0.1) is 0 Å². The number of aryl methyl sites for hydroxylation is 1. The fourth-order valence-electron chi connectivity index (χ4n) is 2.05. The van der Waals surface area contributed by atoms with Crippen LogP contribution in [-0.2, 0) is 13.0 Å². The number of anilines is 1. The van der Waals surface area contributed by atoms with Gasteiger partial charge in [-0.3, -0.25) is 4.68 Å². The van der Waals surface area contributed by atoms with Crippen molar-refractivity contribution in [3.05, 3.63) is 24.3 Å². The second-order valence-corrected chi connectivity index (χ2v) is 4.15. The van der Waals surface area contributed by atoms with Crippen molar-refractivity contribution in [1.82, 2.24) is 19.7 Å². The molecule has 0 amide bonds. The molecule has 96 valence electrons. The lowest BCUT2D eigenvalue weighted by atomic mass is 10.1. The van der Waals surface area contributed by atoms with Gasteiger partial charge in [0.1, 0.15) is 12.1 Å². The van der Waals surface area contributed by atoms with Crippen molar-refractivity contribution >= 4 is 5.82 Å². The van der Waals surface area contributed by atoms with E-state index in [-0.39, 0.29) is 0 Å². The Morgan fingerprint density at radius 1 is 1.28 bits per heavy atom. The van der Waals surface area contributed by atoms with Crippen molar-refractivity contribution in [3.8, 4) is 11.3 Å². The average Bonchev–Trinajstić information content (AvgIpc) is 2.86. The zero-order valence-corrected chi connectivity index (χ0v) is 11.1. The van der Waals surface area contributed by atoms with Gasteiger partial charge in [0.25, 0.3) is 0 Å². The summed E-state index contributed by atoms with van der Waals surface area (Å²) in [6.45, 7) is 5.19. The van der Waals surface area contributed by atoms with Crippen LogP contribution in [0.2, 0.25) is 0 Å². The molecule has 0 radical (unpaired) electrons. The summed E-state index contributed by atoms with van der Waals surface area (Å²) in [6, 6.07) is 0.